The van der Waals surface area contributed by atoms with Crippen molar-refractivity contribution in [3.8, 4) is 0 Å². The van der Waals surface area contributed by atoms with Gasteiger partial charge in [-0.2, -0.15) is 0 Å². The second-order valence-electron chi connectivity index (χ2n) is 6.96. The summed E-state index contributed by atoms with van der Waals surface area (Å²) >= 11 is 0. The highest BCUT2D eigenvalue weighted by Gasteiger charge is 2.22. The number of carbonyl (C=O) groups is 1. The quantitative estimate of drug-likeness (QED) is 0.713. The highest BCUT2D eigenvalue weighted by molar-refractivity contribution is 5.68. The fourth-order valence-electron chi connectivity index (χ4n) is 2.45. The maximum atomic E-state index is 11.5. The van der Waals surface area contributed by atoms with E-state index in [1.165, 1.54) is 12.0 Å². The maximum absolute atomic E-state index is 11.5. The van der Waals surface area contributed by atoms with Crippen LogP contribution < -0.4 is 0 Å². The monoisotopic (exact) mass is 306 g/mol. The van der Waals surface area contributed by atoms with E-state index >= 15 is 0 Å². The van der Waals surface area contributed by atoms with E-state index in [0.29, 0.717) is 0 Å². The van der Waals surface area contributed by atoms with Crippen LogP contribution in [0, 0.1) is 20.8 Å². The average Bonchev–Trinajstić information content (AvgIpc) is 2.36. The summed E-state index contributed by atoms with van der Waals surface area (Å²) in [7, 11) is 0. The van der Waals surface area contributed by atoms with E-state index in [2.05, 4.69) is 24.0 Å². The summed E-state index contributed by atoms with van der Waals surface area (Å²) in [6.45, 7) is 13.5. The first-order valence-electron chi connectivity index (χ1n) is 8.07. The molecule has 4 nitrogen and oxygen atoms in total. The van der Waals surface area contributed by atoms with Gasteiger partial charge in [0.05, 0.1) is 0 Å². The van der Waals surface area contributed by atoms with Gasteiger partial charge in [-0.15, -0.1) is 0 Å². The van der Waals surface area contributed by atoms with Crippen molar-refractivity contribution < 1.29 is 9.53 Å². The van der Waals surface area contributed by atoms with Crippen LogP contribution in [0.15, 0.2) is 12.1 Å². The maximum Gasteiger partial charge on any atom is 0.410 e. The number of hydrogen-bond donors (Lipinski definition) is 0. The van der Waals surface area contributed by atoms with E-state index < -0.39 is 0 Å². The molecule has 0 radical (unpaired) electrons. The number of rotatable bonds is 0. The Hall–Kier alpha value is -1.58. The molecule has 0 atom stereocenters. The topological polar surface area (TPSA) is 42.4 Å². The number of ether oxygens (including phenoxy) is 1. The van der Waals surface area contributed by atoms with Crippen molar-refractivity contribution in [1.29, 1.82) is 0 Å². The number of pyridine rings is 1. The molecule has 0 N–H and O–H groups in total. The van der Waals surface area contributed by atoms with Gasteiger partial charge in [0, 0.05) is 24.5 Å². The van der Waals surface area contributed by atoms with Crippen molar-refractivity contribution in [3.05, 3.63) is 29.1 Å². The molecule has 1 fully saturated rings. The van der Waals surface area contributed by atoms with Crippen LogP contribution in [0.1, 0.15) is 57.0 Å². The predicted molar refractivity (Wildman–Crippen MR) is 90.1 cm³/mol. The lowest BCUT2D eigenvalue weighted by molar-refractivity contribution is 0.0216. The molecule has 124 valence electrons. The predicted octanol–water partition coefficient (Wildman–Crippen LogP) is 4.41. The van der Waals surface area contributed by atoms with Crippen molar-refractivity contribution in [1.82, 2.24) is 9.88 Å². The Morgan fingerprint density at radius 2 is 1.55 bits per heavy atom. The van der Waals surface area contributed by atoms with Gasteiger partial charge >= 0.3 is 6.09 Å². The average molecular weight is 306 g/mol. The van der Waals surface area contributed by atoms with Gasteiger partial charge < -0.3 is 9.64 Å². The molecule has 2 rings (SSSR count). The minimum atomic E-state index is -0.367. The van der Waals surface area contributed by atoms with Gasteiger partial charge in [0.25, 0.3) is 0 Å². The first-order valence-corrected chi connectivity index (χ1v) is 8.07. The minimum Gasteiger partial charge on any atom is -0.444 e. The zero-order chi connectivity index (χ0) is 16.8. The summed E-state index contributed by atoms with van der Waals surface area (Å²) in [6, 6.07) is 4.15. The van der Waals surface area contributed by atoms with Crippen LogP contribution in [0.5, 0.6) is 0 Å². The number of aromatic nitrogens is 1. The van der Waals surface area contributed by atoms with Crippen molar-refractivity contribution in [2.75, 3.05) is 13.1 Å². The Kier molecular flexibility index (Phi) is 6.85. The molecule has 0 bridgehead atoms. The van der Waals surface area contributed by atoms with Crippen molar-refractivity contribution >= 4 is 6.09 Å². The lowest BCUT2D eigenvalue weighted by Crippen LogP contribution is -2.39. The van der Waals surface area contributed by atoms with Gasteiger partial charge in [-0.3, -0.25) is 4.98 Å². The van der Waals surface area contributed by atoms with Crippen molar-refractivity contribution in [2.24, 2.45) is 0 Å². The molecule has 0 aliphatic carbocycles. The third kappa shape index (κ3) is 7.43. The molecule has 0 unspecified atom stereocenters. The number of amides is 1. The molecule has 0 spiro atoms. The number of nitrogens with zero attached hydrogens (tertiary/aromatic N) is 2. The molecule has 1 aliphatic rings. The van der Waals surface area contributed by atoms with E-state index in [1.807, 2.05) is 34.6 Å². The lowest BCUT2D eigenvalue weighted by atomic mass is 10.1. The fraction of sp³-hybridized carbons (Fsp3) is 0.667. The third-order valence-corrected chi connectivity index (χ3v) is 3.23. The number of hydrogen-bond acceptors (Lipinski definition) is 3. The summed E-state index contributed by atoms with van der Waals surface area (Å²) in [6.07, 6.45) is 3.30. The zero-order valence-corrected chi connectivity index (χ0v) is 14.9. The Morgan fingerprint density at radius 1 is 1.05 bits per heavy atom. The second-order valence-corrected chi connectivity index (χ2v) is 6.96. The molecule has 22 heavy (non-hydrogen) atoms. The number of piperidine rings is 1. The molecule has 1 amide bonds. The van der Waals surface area contributed by atoms with E-state index in [-0.39, 0.29) is 11.7 Å². The summed E-state index contributed by atoms with van der Waals surface area (Å²) in [5, 5.41) is 0. The Bertz CT molecular complexity index is 436. The van der Waals surface area contributed by atoms with Gasteiger partial charge in [-0.1, -0.05) is 0 Å². The highest BCUT2D eigenvalue weighted by atomic mass is 16.6. The molecular weight excluding hydrogens is 276 g/mol. The van der Waals surface area contributed by atoms with Crippen LogP contribution in [-0.4, -0.2) is 34.7 Å². The molecule has 0 saturated carbocycles. The van der Waals surface area contributed by atoms with Gasteiger partial charge in [0.15, 0.2) is 0 Å². The van der Waals surface area contributed by atoms with E-state index in [9.17, 15) is 4.79 Å². The second kappa shape index (κ2) is 8.16. The summed E-state index contributed by atoms with van der Waals surface area (Å²) in [5.41, 5.74) is 3.13. The SMILES string of the molecule is CC(C)(C)OC(=O)N1CCCCC1.Cc1cc(C)nc(C)c1. The zero-order valence-electron chi connectivity index (χ0n) is 14.9. The standard InChI is InChI=1S/C10H19NO2.C8H11N/c1-10(2,3)13-9(12)11-7-5-4-6-8-11;1-6-4-7(2)9-8(3)5-6/h4-8H2,1-3H3;4-5H,1-3H3. The van der Waals surface area contributed by atoms with Crippen LogP contribution in [-0.2, 0) is 4.74 Å². The first-order chi connectivity index (χ1) is 10.2. The van der Waals surface area contributed by atoms with Crippen molar-refractivity contribution in [3.63, 3.8) is 0 Å². The molecule has 0 aromatic carbocycles. The Balaban J connectivity index is 0.000000235. The molecule has 1 saturated heterocycles. The fourth-order valence-corrected chi connectivity index (χ4v) is 2.45. The van der Waals surface area contributed by atoms with Crippen molar-refractivity contribution in [2.45, 2.75) is 66.4 Å². The molecule has 1 aromatic rings. The molecule has 2 heterocycles. The minimum absolute atomic E-state index is 0.160. The van der Waals surface area contributed by atoms with E-state index in [0.717, 1.165) is 37.3 Å². The molecule has 4 heteroatoms. The molecule has 1 aromatic heterocycles. The first kappa shape index (κ1) is 18.5. The Morgan fingerprint density at radius 3 is 1.95 bits per heavy atom. The van der Waals surface area contributed by atoms with Gasteiger partial charge in [0.1, 0.15) is 5.60 Å². The van der Waals surface area contributed by atoms with Gasteiger partial charge in [-0.25, -0.2) is 4.79 Å². The van der Waals surface area contributed by atoms with E-state index in [1.54, 1.807) is 4.90 Å². The highest BCUT2D eigenvalue weighted by Crippen LogP contribution is 2.14. The third-order valence-electron chi connectivity index (χ3n) is 3.23. The molecular formula is C18H30N2O2. The van der Waals surface area contributed by atoms with Gasteiger partial charge in [0.2, 0.25) is 0 Å². The largest absolute Gasteiger partial charge is 0.444 e. The summed E-state index contributed by atoms with van der Waals surface area (Å²) in [5.74, 6) is 0. The summed E-state index contributed by atoms with van der Waals surface area (Å²) < 4.78 is 5.26. The van der Waals surface area contributed by atoms with E-state index in [4.69, 9.17) is 4.74 Å². The van der Waals surface area contributed by atoms with Crippen LogP contribution in [0.4, 0.5) is 4.79 Å². The van der Waals surface area contributed by atoms with Crippen LogP contribution in [0.3, 0.4) is 0 Å². The number of likely N-dealkylation sites (tertiary alicyclic amines) is 1. The normalized spacial score (nSPS) is 14.9. The lowest BCUT2D eigenvalue weighted by Gasteiger charge is -2.29. The summed E-state index contributed by atoms with van der Waals surface area (Å²) in [4.78, 5) is 17.6. The van der Waals surface area contributed by atoms with Crippen LogP contribution in [0.25, 0.3) is 0 Å². The van der Waals surface area contributed by atoms with Crippen LogP contribution >= 0.6 is 0 Å². The van der Waals surface area contributed by atoms with Gasteiger partial charge in [-0.05, 0) is 78.5 Å². The smallest absolute Gasteiger partial charge is 0.410 e. The van der Waals surface area contributed by atoms with Crippen LogP contribution in [0.2, 0.25) is 0 Å². The molecule has 1 aliphatic heterocycles. The number of aryl methyl sites for hydroxylation is 3. The number of carbonyl (C=O) groups excluding carboxylic acids is 1. The Labute approximate surface area is 134 Å².